The molecule has 1 aliphatic carbocycles. The van der Waals surface area contributed by atoms with Crippen molar-refractivity contribution < 1.29 is 19.4 Å². The number of ether oxygens (including phenoxy) is 1. The second-order valence-electron chi connectivity index (χ2n) is 4.99. The van der Waals surface area contributed by atoms with Gasteiger partial charge in [0.05, 0.1) is 6.61 Å². The largest absolute Gasteiger partial charge is 0.481 e. The molecule has 1 atom stereocenters. The smallest absolute Gasteiger partial charge is 0.317 e. The first-order valence-corrected chi connectivity index (χ1v) is 6.81. The zero-order valence-corrected chi connectivity index (χ0v) is 11.7. The van der Waals surface area contributed by atoms with Crippen LogP contribution in [0.4, 0.5) is 4.79 Å². The van der Waals surface area contributed by atoms with Crippen LogP contribution in [0.2, 0.25) is 0 Å². The Labute approximate surface area is 114 Å². The van der Waals surface area contributed by atoms with Crippen LogP contribution >= 0.6 is 0 Å². The molecule has 1 fully saturated rings. The second kappa shape index (κ2) is 7.99. The SMILES string of the molecule is COCCN(C(=O)NCCCC(=O)O)C(C)C1CC1. The minimum Gasteiger partial charge on any atom is -0.481 e. The van der Waals surface area contributed by atoms with Crippen LogP contribution in [0, 0.1) is 5.92 Å². The number of rotatable bonds is 9. The highest BCUT2D eigenvalue weighted by Gasteiger charge is 2.33. The van der Waals surface area contributed by atoms with Crippen LogP contribution < -0.4 is 5.32 Å². The Morgan fingerprint density at radius 1 is 1.47 bits per heavy atom. The van der Waals surface area contributed by atoms with Gasteiger partial charge in [0.2, 0.25) is 0 Å². The van der Waals surface area contributed by atoms with Gasteiger partial charge in [0.15, 0.2) is 0 Å². The van der Waals surface area contributed by atoms with Crippen molar-refractivity contribution in [2.75, 3.05) is 26.8 Å². The first-order chi connectivity index (χ1) is 9.06. The average Bonchev–Trinajstić information content (AvgIpc) is 3.18. The van der Waals surface area contributed by atoms with E-state index in [1.165, 1.54) is 12.8 Å². The van der Waals surface area contributed by atoms with Gasteiger partial charge in [0.1, 0.15) is 0 Å². The lowest BCUT2D eigenvalue weighted by Crippen LogP contribution is -2.47. The maximum Gasteiger partial charge on any atom is 0.317 e. The molecule has 0 heterocycles. The van der Waals surface area contributed by atoms with Gasteiger partial charge in [0.25, 0.3) is 0 Å². The number of hydrogen-bond donors (Lipinski definition) is 2. The summed E-state index contributed by atoms with van der Waals surface area (Å²) in [6.45, 7) is 3.54. The zero-order chi connectivity index (χ0) is 14.3. The van der Waals surface area contributed by atoms with E-state index in [4.69, 9.17) is 9.84 Å². The molecule has 1 saturated carbocycles. The Morgan fingerprint density at radius 3 is 2.68 bits per heavy atom. The van der Waals surface area contributed by atoms with Crippen LogP contribution in [0.1, 0.15) is 32.6 Å². The average molecular weight is 272 g/mol. The molecule has 6 heteroatoms. The van der Waals surface area contributed by atoms with Gasteiger partial charge in [-0.05, 0) is 32.1 Å². The molecule has 1 aliphatic rings. The molecule has 0 aromatic carbocycles. The topological polar surface area (TPSA) is 78.9 Å². The number of nitrogens with zero attached hydrogens (tertiary/aromatic N) is 1. The maximum absolute atomic E-state index is 12.1. The summed E-state index contributed by atoms with van der Waals surface area (Å²) < 4.78 is 5.03. The molecule has 6 nitrogen and oxygen atoms in total. The number of carbonyl (C=O) groups excluding carboxylic acids is 1. The van der Waals surface area contributed by atoms with Crippen LogP contribution in [0.5, 0.6) is 0 Å². The molecule has 0 aliphatic heterocycles. The summed E-state index contributed by atoms with van der Waals surface area (Å²) in [4.78, 5) is 24.3. The van der Waals surface area contributed by atoms with Crippen molar-refractivity contribution in [2.45, 2.75) is 38.6 Å². The molecule has 2 N–H and O–H groups in total. The molecule has 0 radical (unpaired) electrons. The van der Waals surface area contributed by atoms with Crippen LogP contribution in [0.15, 0.2) is 0 Å². The molecular weight excluding hydrogens is 248 g/mol. The highest BCUT2D eigenvalue weighted by Crippen LogP contribution is 2.35. The first-order valence-electron chi connectivity index (χ1n) is 6.81. The summed E-state index contributed by atoms with van der Waals surface area (Å²) in [6.07, 6.45) is 2.89. The summed E-state index contributed by atoms with van der Waals surface area (Å²) in [5.74, 6) is -0.238. The lowest BCUT2D eigenvalue weighted by Gasteiger charge is -2.29. The molecule has 110 valence electrons. The number of methoxy groups -OCH3 is 1. The number of nitrogens with one attached hydrogen (secondary N) is 1. The molecular formula is C13H24N2O4. The summed E-state index contributed by atoms with van der Waals surface area (Å²) in [7, 11) is 1.62. The third kappa shape index (κ3) is 5.92. The Balaban J connectivity index is 2.35. The monoisotopic (exact) mass is 272 g/mol. The number of carboxylic acids is 1. The van der Waals surface area contributed by atoms with Gasteiger partial charge in [-0.1, -0.05) is 0 Å². The second-order valence-corrected chi connectivity index (χ2v) is 4.99. The molecule has 2 amide bonds. The Bertz CT molecular complexity index is 305. The van der Waals surface area contributed by atoms with Gasteiger partial charge >= 0.3 is 12.0 Å². The number of carbonyl (C=O) groups is 2. The van der Waals surface area contributed by atoms with Crippen molar-refractivity contribution >= 4 is 12.0 Å². The highest BCUT2D eigenvalue weighted by atomic mass is 16.5. The normalized spacial score (nSPS) is 15.9. The van der Waals surface area contributed by atoms with Gasteiger partial charge in [0, 0.05) is 32.7 Å². The molecule has 19 heavy (non-hydrogen) atoms. The summed E-state index contributed by atoms with van der Waals surface area (Å²) >= 11 is 0. The Kier molecular flexibility index (Phi) is 6.62. The molecule has 1 unspecified atom stereocenters. The molecule has 0 saturated heterocycles. The third-order valence-corrected chi connectivity index (χ3v) is 3.44. The van der Waals surface area contributed by atoms with E-state index in [9.17, 15) is 9.59 Å². The lowest BCUT2D eigenvalue weighted by molar-refractivity contribution is -0.137. The number of amides is 2. The van der Waals surface area contributed by atoms with Gasteiger partial charge in [-0.3, -0.25) is 4.79 Å². The van der Waals surface area contributed by atoms with Crippen LogP contribution in [-0.4, -0.2) is 54.9 Å². The molecule has 1 rings (SSSR count). The number of carboxylic acid groups (broad SMARTS) is 1. The third-order valence-electron chi connectivity index (χ3n) is 3.44. The molecule has 0 aromatic rings. The first kappa shape index (κ1) is 15.8. The van der Waals surface area contributed by atoms with E-state index < -0.39 is 5.97 Å². The van der Waals surface area contributed by atoms with Crippen LogP contribution in [-0.2, 0) is 9.53 Å². The van der Waals surface area contributed by atoms with Gasteiger partial charge in [-0.15, -0.1) is 0 Å². The van der Waals surface area contributed by atoms with Gasteiger partial charge in [-0.2, -0.15) is 0 Å². The van der Waals surface area contributed by atoms with Crippen molar-refractivity contribution in [1.82, 2.24) is 10.2 Å². The van der Waals surface area contributed by atoms with E-state index in [0.717, 1.165) is 0 Å². The predicted octanol–water partition coefficient (Wildman–Crippen LogP) is 1.31. The Hall–Kier alpha value is -1.30. The van der Waals surface area contributed by atoms with Crippen molar-refractivity contribution in [3.8, 4) is 0 Å². The fourth-order valence-corrected chi connectivity index (χ4v) is 2.05. The summed E-state index contributed by atoms with van der Waals surface area (Å²) in [5.41, 5.74) is 0. The van der Waals surface area contributed by atoms with E-state index in [1.807, 2.05) is 0 Å². The minimum atomic E-state index is -0.836. The number of hydrogen-bond acceptors (Lipinski definition) is 3. The van der Waals surface area contributed by atoms with E-state index in [2.05, 4.69) is 12.2 Å². The Morgan fingerprint density at radius 2 is 2.16 bits per heavy atom. The molecule has 0 bridgehead atoms. The lowest BCUT2D eigenvalue weighted by atomic mass is 10.2. The van der Waals surface area contributed by atoms with Gasteiger partial charge in [-0.25, -0.2) is 4.79 Å². The number of urea groups is 1. The van der Waals surface area contributed by atoms with Crippen LogP contribution in [0.3, 0.4) is 0 Å². The standard InChI is InChI=1S/C13H24N2O4/c1-10(11-5-6-11)15(8-9-19-2)13(18)14-7-3-4-12(16)17/h10-11H,3-9H2,1-2H3,(H,14,18)(H,16,17). The van der Waals surface area contributed by atoms with E-state index in [-0.39, 0.29) is 18.5 Å². The van der Waals surface area contributed by atoms with E-state index in [0.29, 0.717) is 32.0 Å². The maximum atomic E-state index is 12.1. The molecule has 0 spiro atoms. The van der Waals surface area contributed by atoms with Gasteiger partial charge < -0.3 is 20.1 Å². The zero-order valence-electron chi connectivity index (χ0n) is 11.7. The van der Waals surface area contributed by atoms with E-state index in [1.54, 1.807) is 12.0 Å². The quantitative estimate of drug-likeness (QED) is 0.620. The van der Waals surface area contributed by atoms with Crippen molar-refractivity contribution in [3.63, 3.8) is 0 Å². The highest BCUT2D eigenvalue weighted by molar-refractivity contribution is 5.74. The fourth-order valence-electron chi connectivity index (χ4n) is 2.05. The molecule has 0 aromatic heterocycles. The van der Waals surface area contributed by atoms with Crippen molar-refractivity contribution in [2.24, 2.45) is 5.92 Å². The van der Waals surface area contributed by atoms with Crippen molar-refractivity contribution in [1.29, 1.82) is 0 Å². The van der Waals surface area contributed by atoms with Crippen molar-refractivity contribution in [3.05, 3.63) is 0 Å². The van der Waals surface area contributed by atoms with E-state index >= 15 is 0 Å². The fraction of sp³-hybridized carbons (Fsp3) is 0.846. The summed E-state index contributed by atoms with van der Waals surface area (Å²) in [5, 5.41) is 11.3. The summed E-state index contributed by atoms with van der Waals surface area (Å²) in [6, 6.07) is 0.0939. The minimum absolute atomic E-state index is 0.0799. The predicted molar refractivity (Wildman–Crippen MR) is 71.0 cm³/mol. The van der Waals surface area contributed by atoms with Crippen LogP contribution in [0.25, 0.3) is 0 Å². The number of aliphatic carboxylic acids is 1.